The molecule has 0 aliphatic carbocycles. The minimum Gasteiger partial charge on any atom is -0.457 e. The van der Waals surface area contributed by atoms with Crippen LogP contribution in [0.3, 0.4) is 0 Å². The maximum atomic E-state index is 13.1. The number of benzene rings is 2. The number of anilines is 1. The molecule has 1 saturated heterocycles. The van der Waals surface area contributed by atoms with Gasteiger partial charge in [-0.25, -0.2) is 9.18 Å². The Hall–Kier alpha value is -2.40. The zero-order valence-electron chi connectivity index (χ0n) is 12.8. The van der Waals surface area contributed by atoms with Crippen LogP contribution in [0.25, 0.3) is 0 Å². The standard InChI is InChI=1S/C18H15ClFNO3/c19-15-7-6-13(10-16(15)21-8-2-5-17(21)22)18(23)24-11-12-3-1-4-14(20)9-12/h1,3-4,6-7,9-10H,2,5,8,11H2. The van der Waals surface area contributed by atoms with E-state index in [1.165, 1.54) is 12.1 Å². The van der Waals surface area contributed by atoms with Crippen molar-refractivity contribution in [1.29, 1.82) is 0 Å². The van der Waals surface area contributed by atoms with Crippen molar-refractivity contribution < 1.29 is 18.7 Å². The number of ether oxygens (including phenoxy) is 1. The topological polar surface area (TPSA) is 46.6 Å². The van der Waals surface area contributed by atoms with Crippen molar-refractivity contribution in [2.75, 3.05) is 11.4 Å². The predicted octanol–water partition coefficient (Wildman–Crippen LogP) is 3.96. The summed E-state index contributed by atoms with van der Waals surface area (Å²) in [6.07, 6.45) is 1.24. The van der Waals surface area contributed by atoms with Crippen LogP contribution in [-0.4, -0.2) is 18.4 Å². The summed E-state index contributed by atoms with van der Waals surface area (Å²) in [5.74, 6) is -0.948. The summed E-state index contributed by atoms with van der Waals surface area (Å²) in [5, 5.41) is 0.409. The average molecular weight is 348 g/mol. The second-order valence-electron chi connectivity index (χ2n) is 5.52. The highest BCUT2D eigenvalue weighted by Crippen LogP contribution is 2.30. The quantitative estimate of drug-likeness (QED) is 0.786. The Morgan fingerprint density at radius 3 is 2.79 bits per heavy atom. The summed E-state index contributed by atoms with van der Waals surface area (Å²) in [6, 6.07) is 10.5. The molecule has 1 aliphatic rings. The minimum absolute atomic E-state index is 0.0119. The fraction of sp³-hybridized carbons (Fsp3) is 0.222. The molecule has 0 radical (unpaired) electrons. The van der Waals surface area contributed by atoms with Crippen molar-refractivity contribution in [3.05, 3.63) is 64.4 Å². The van der Waals surface area contributed by atoms with E-state index in [-0.39, 0.29) is 18.3 Å². The van der Waals surface area contributed by atoms with Gasteiger partial charge in [-0.1, -0.05) is 23.7 Å². The minimum atomic E-state index is -0.552. The smallest absolute Gasteiger partial charge is 0.338 e. The Labute approximate surface area is 143 Å². The zero-order valence-corrected chi connectivity index (χ0v) is 13.6. The Kier molecular flexibility index (Phi) is 4.81. The molecule has 0 bridgehead atoms. The first kappa shape index (κ1) is 16.5. The second kappa shape index (κ2) is 7.01. The molecule has 4 nitrogen and oxygen atoms in total. The van der Waals surface area contributed by atoms with E-state index in [9.17, 15) is 14.0 Å². The van der Waals surface area contributed by atoms with Crippen LogP contribution in [-0.2, 0) is 16.1 Å². The molecule has 0 unspecified atom stereocenters. The van der Waals surface area contributed by atoms with E-state index in [0.29, 0.717) is 34.8 Å². The number of rotatable bonds is 4. The molecule has 0 atom stereocenters. The van der Waals surface area contributed by atoms with Crippen LogP contribution in [0.4, 0.5) is 10.1 Å². The van der Waals surface area contributed by atoms with E-state index in [2.05, 4.69) is 0 Å². The number of nitrogens with zero attached hydrogens (tertiary/aromatic N) is 1. The average Bonchev–Trinajstić information content (AvgIpc) is 2.99. The van der Waals surface area contributed by atoms with E-state index >= 15 is 0 Å². The van der Waals surface area contributed by atoms with Gasteiger partial charge in [0, 0.05) is 13.0 Å². The third-order valence-corrected chi connectivity index (χ3v) is 4.12. The number of carbonyl (C=O) groups excluding carboxylic acids is 2. The molecular weight excluding hydrogens is 333 g/mol. The van der Waals surface area contributed by atoms with Gasteiger partial charge in [0.15, 0.2) is 0 Å². The van der Waals surface area contributed by atoms with Crippen molar-refractivity contribution >= 4 is 29.2 Å². The van der Waals surface area contributed by atoms with Gasteiger partial charge in [0.25, 0.3) is 0 Å². The zero-order chi connectivity index (χ0) is 17.1. The van der Waals surface area contributed by atoms with Crippen molar-refractivity contribution in [3.63, 3.8) is 0 Å². The van der Waals surface area contributed by atoms with Gasteiger partial charge in [-0.15, -0.1) is 0 Å². The Morgan fingerprint density at radius 1 is 1.25 bits per heavy atom. The van der Waals surface area contributed by atoms with Gasteiger partial charge in [-0.3, -0.25) is 4.79 Å². The molecule has 1 heterocycles. The summed E-state index contributed by atoms with van der Waals surface area (Å²) < 4.78 is 18.3. The summed E-state index contributed by atoms with van der Waals surface area (Å²) in [6.45, 7) is 0.553. The third-order valence-electron chi connectivity index (χ3n) is 3.81. The van der Waals surface area contributed by atoms with Crippen LogP contribution >= 0.6 is 11.6 Å². The van der Waals surface area contributed by atoms with Crippen molar-refractivity contribution in [2.24, 2.45) is 0 Å². The summed E-state index contributed by atoms with van der Waals surface area (Å²) in [5.41, 5.74) is 1.37. The van der Waals surface area contributed by atoms with Gasteiger partial charge in [0.2, 0.25) is 5.91 Å². The van der Waals surface area contributed by atoms with Crippen LogP contribution in [0, 0.1) is 5.82 Å². The number of carbonyl (C=O) groups is 2. The van der Waals surface area contributed by atoms with Gasteiger partial charge in [-0.2, -0.15) is 0 Å². The van der Waals surface area contributed by atoms with Crippen molar-refractivity contribution in [2.45, 2.75) is 19.4 Å². The lowest BCUT2D eigenvalue weighted by Crippen LogP contribution is -2.24. The monoisotopic (exact) mass is 347 g/mol. The third kappa shape index (κ3) is 3.57. The number of hydrogen-bond donors (Lipinski definition) is 0. The molecule has 3 rings (SSSR count). The highest BCUT2D eigenvalue weighted by molar-refractivity contribution is 6.34. The maximum absolute atomic E-state index is 13.1. The molecule has 6 heteroatoms. The first-order valence-corrected chi connectivity index (χ1v) is 7.94. The summed E-state index contributed by atoms with van der Waals surface area (Å²) in [7, 11) is 0. The molecule has 1 aliphatic heterocycles. The normalized spacial score (nSPS) is 14.1. The van der Waals surface area contributed by atoms with E-state index < -0.39 is 5.97 Å². The highest BCUT2D eigenvalue weighted by atomic mass is 35.5. The largest absolute Gasteiger partial charge is 0.457 e. The molecule has 24 heavy (non-hydrogen) atoms. The van der Waals surface area contributed by atoms with Crippen LogP contribution in [0.15, 0.2) is 42.5 Å². The van der Waals surface area contributed by atoms with Crippen LogP contribution in [0.1, 0.15) is 28.8 Å². The highest BCUT2D eigenvalue weighted by Gasteiger charge is 2.24. The number of hydrogen-bond acceptors (Lipinski definition) is 3. The molecule has 2 aromatic rings. The van der Waals surface area contributed by atoms with Gasteiger partial charge in [0.1, 0.15) is 12.4 Å². The molecule has 124 valence electrons. The summed E-state index contributed by atoms with van der Waals surface area (Å²) in [4.78, 5) is 25.6. The molecule has 2 aromatic carbocycles. The first-order chi connectivity index (χ1) is 11.5. The molecule has 1 amide bonds. The predicted molar refractivity (Wildman–Crippen MR) is 88.6 cm³/mol. The molecule has 0 N–H and O–H groups in total. The van der Waals surface area contributed by atoms with E-state index in [0.717, 1.165) is 6.42 Å². The van der Waals surface area contributed by atoms with Gasteiger partial charge in [-0.05, 0) is 42.3 Å². The first-order valence-electron chi connectivity index (χ1n) is 7.56. The second-order valence-corrected chi connectivity index (χ2v) is 5.93. The maximum Gasteiger partial charge on any atom is 0.338 e. The van der Waals surface area contributed by atoms with Crippen LogP contribution < -0.4 is 4.90 Å². The van der Waals surface area contributed by atoms with Crippen LogP contribution in [0.5, 0.6) is 0 Å². The lowest BCUT2D eigenvalue weighted by molar-refractivity contribution is -0.117. The van der Waals surface area contributed by atoms with E-state index in [4.69, 9.17) is 16.3 Å². The fourth-order valence-corrected chi connectivity index (χ4v) is 2.83. The molecule has 1 fully saturated rings. The molecular formula is C18H15ClFNO3. The van der Waals surface area contributed by atoms with E-state index in [1.807, 2.05) is 0 Å². The lowest BCUT2D eigenvalue weighted by atomic mass is 10.2. The van der Waals surface area contributed by atoms with E-state index in [1.54, 1.807) is 35.2 Å². The van der Waals surface area contributed by atoms with Gasteiger partial charge >= 0.3 is 5.97 Å². The van der Waals surface area contributed by atoms with Gasteiger partial charge in [0.05, 0.1) is 16.3 Å². The summed E-state index contributed by atoms with van der Waals surface area (Å²) >= 11 is 6.15. The Balaban J connectivity index is 1.74. The van der Waals surface area contributed by atoms with Crippen molar-refractivity contribution in [1.82, 2.24) is 0 Å². The van der Waals surface area contributed by atoms with Gasteiger partial charge < -0.3 is 9.64 Å². The fourth-order valence-electron chi connectivity index (χ4n) is 2.61. The Bertz CT molecular complexity index is 794. The molecule has 0 aromatic heterocycles. The number of amides is 1. The van der Waals surface area contributed by atoms with Crippen molar-refractivity contribution in [3.8, 4) is 0 Å². The Morgan fingerprint density at radius 2 is 2.08 bits per heavy atom. The SMILES string of the molecule is O=C(OCc1cccc(F)c1)c1ccc(Cl)c(N2CCCC2=O)c1. The molecule has 0 saturated carbocycles. The number of esters is 1. The molecule has 0 spiro atoms. The lowest BCUT2D eigenvalue weighted by Gasteiger charge is -2.18. The van der Waals surface area contributed by atoms with Crippen LogP contribution in [0.2, 0.25) is 5.02 Å². The number of halogens is 2.